The molecule has 178 valence electrons. The number of amides is 1. The molecule has 34 heavy (non-hydrogen) atoms. The van der Waals surface area contributed by atoms with Crippen molar-refractivity contribution in [3.05, 3.63) is 64.8 Å². The Kier molecular flexibility index (Phi) is 6.63. The summed E-state index contributed by atoms with van der Waals surface area (Å²) >= 11 is 0. The molecule has 3 heterocycles. The Labute approximate surface area is 197 Å². The maximum atomic E-state index is 13.2. The van der Waals surface area contributed by atoms with Gasteiger partial charge in [-0.25, -0.2) is 9.18 Å². The molecule has 2 aliphatic rings. The highest BCUT2D eigenvalue weighted by molar-refractivity contribution is 5.83. The van der Waals surface area contributed by atoms with E-state index in [1.54, 1.807) is 36.4 Å². The van der Waals surface area contributed by atoms with E-state index in [0.717, 1.165) is 6.42 Å². The molecule has 1 N–H and O–H groups in total. The van der Waals surface area contributed by atoms with Crippen LogP contribution in [0.25, 0.3) is 22.1 Å². The van der Waals surface area contributed by atoms with Crippen LogP contribution in [0.2, 0.25) is 0 Å². The van der Waals surface area contributed by atoms with Gasteiger partial charge in [0.15, 0.2) is 6.61 Å². The van der Waals surface area contributed by atoms with Crippen LogP contribution < -0.4 is 15.7 Å². The molecular formula is C27H29FN2O4. The third-order valence-electron chi connectivity index (χ3n) is 7.02. The molecule has 1 aromatic heterocycles. The molecular weight excluding hydrogens is 435 g/mol. The zero-order valence-electron chi connectivity index (χ0n) is 19.1. The molecule has 0 radical (unpaired) electrons. The Hall–Kier alpha value is -3.19. The number of rotatable bonds is 6. The summed E-state index contributed by atoms with van der Waals surface area (Å²) in [5.74, 6) is 0.440. The van der Waals surface area contributed by atoms with E-state index in [1.165, 1.54) is 50.9 Å². The first-order chi connectivity index (χ1) is 16.6. The van der Waals surface area contributed by atoms with Crippen molar-refractivity contribution in [2.75, 3.05) is 26.2 Å². The fourth-order valence-electron chi connectivity index (χ4n) is 5.27. The number of hydrogen-bond acceptors (Lipinski definition) is 5. The zero-order valence-corrected chi connectivity index (χ0v) is 19.1. The monoisotopic (exact) mass is 464 g/mol. The first-order valence-electron chi connectivity index (χ1n) is 12.0. The van der Waals surface area contributed by atoms with Crippen LogP contribution in [0.4, 0.5) is 4.39 Å². The number of carbonyl (C=O) groups excluding carboxylic acids is 1. The lowest BCUT2D eigenvalue weighted by Gasteiger charge is -2.44. The lowest BCUT2D eigenvalue weighted by molar-refractivity contribution is -0.123. The van der Waals surface area contributed by atoms with Gasteiger partial charge in [-0.05, 0) is 80.6 Å². The highest BCUT2D eigenvalue weighted by atomic mass is 19.1. The molecule has 0 spiro atoms. The normalized spacial score (nSPS) is 20.6. The van der Waals surface area contributed by atoms with Gasteiger partial charge in [-0.3, -0.25) is 4.79 Å². The molecule has 6 nitrogen and oxygen atoms in total. The summed E-state index contributed by atoms with van der Waals surface area (Å²) in [6.45, 7) is 2.95. The van der Waals surface area contributed by atoms with Crippen molar-refractivity contribution in [1.82, 2.24) is 10.2 Å². The van der Waals surface area contributed by atoms with Crippen molar-refractivity contribution < 1.29 is 18.3 Å². The van der Waals surface area contributed by atoms with Crippen LogP contribution >= 0.6 is 0 Å². The maximum Gasteiger partial charge on any atom is 0.344 e. The van der Waals surface area contributed by atoms with E-state index in [-0.39, 0.29) is 18.3 Å². The standard InChI is InChI=1S/C27H29FN2O4/c28-21-9-6-18(7-10-21)23-14-19-8-11-22(15-25(19)34-27(23)32)33-17-26(31)29-16-20-4-3-13-30-12-2-1-5-24(20)30/h6-11,14-15,20,24H,1-5,12-13,16-17H2,(H,29,31)/t20-,24+/m0/s1. The van der Waals surface area contributed by atoms with Gasteiger partial charge in [-0.15, -0.1) is 0 Å². The van der Waals surface area contributed by atoms with Gasteiger partial charge >= 0.3 is 5.63 Å². The lowest BCUT2D eigenvalue weighted by Crippen LogP contribution is -2.51. The van der Waals surface area contributed by atoms with Gasteiger partial charge in [-0.2, -0.15) is 0 Å². The van der Waals surface area contributed by atoms with Crippen LogP contribution in [0.5, 0.6) is 5.75 Å². The summed E-state index contributed by atoms with van der Waals surface area (Å²) in [4.78, 5) is 27.5. The van der Waals surface area contributed by atoms with E-state index in [2.05, 4.69) is 10.2 Å². The van der Waals surface area contributed by atoms with Crippen molar-refractivity contribution in [3.63, 3.8) is 0 Å². The number of nitrogens with one attached hydrogen (secondary N) is 1. The molecule has 5 rings (SSSR count). The van der Waals surface area contributed by atoms with Gasteiger partial charge in [0.2, 0.25) is 0 Å². The first kappa shape index (κ1) is 22.6. The van der Waals surface area contributed by atoms with Crippen molar-refractivity contribution >= 4 is 16.9 Å². The fraction of sp³-hybridized carbons (Fsp3) is 0.407. The number of fused-ring (bicyclic) bond motifs is 2. The van der Waals surface area contributed by atoms with E-state index in [1.807, 2.05) is 0 Å². The Bertz CT molecular complexity index is 1220. The predicted octanol–water partition coefficient (Wildman–Crippen LogP) is 4.36. The third kappa shape index (κ3) is 4.99. The number of piperidine rings is 2. The molecule has 0 bridgehead atoms. The largest absolute Gasteiger partial charge is 0.484 e. The highest BCUT2D eigenvalue weighted by Crippen LogP contribution is 2.30. The topological polar surface area (TPSA) is 71.8 Å². The summed E-state index contributed by atoms with van der Waals surface area (Å²) < 4.78 is 24.3. The maximum absolute atomic E-state index is 13.2. The zero-order chi connectivity index (χ0) is 23.5. The lowest BCUT2D eigenvalue weighted by atomic mass is 9.83. The average molecular weight is 465 g/mol. The summed E-state index contributed by atoms with van der Waals surface area (Å²) in [5.41, 5.74) is 0.801. The van der Waals surface area contributed by atoms with Gasteiger partial charge < -0.3 is 19.4 Å². The van der Waals surface area contributed by atoms with Crippen LogP contribution in [0.1, 0.15) is 32.1 Å². The Morgan fingerprint density at radius 1 is 1.06 bits per heavy atom. The predicted molar refractivity (Wildman–Crippen MR) is 128 cm³/mol. The molecule has 0 unspecified atom stereocenters. The van der Waals surface area contributed by atoms with Gasteiger partial charge in [0.05, 0.1) is 5.56 Å². The van der Waals surface area contributed by atoms with Crippen molar-refractivity contribution in [2.45, 2.75) is 38.1 Å². The van der Waals surface area contributed by atoms with Crippen molar-refractivity contribution in [2.24, 2.45) is 5.92 Å². The minimum atomic E-state index is -0.516. The van der Waals surface area contributed by atoms with Crippen LogP contribution in [0.3, 0.4) is 0 Å². The van der Waals surface area contributed by atoms with Crippen molar-refractivity contribution in [3.8, 4) is 16.9 Å². The molecule has 3 aromatic rings. The summed E-state index contributed by atoms with van der Waals surface area (Å²) in [6.07, 6.45) is 6.13. The number of halogens is 1. The molecule has 7 heteroatoms. The molecule has 2 aliphatic heterocycles. The van der Waals surface area contributed by atoms with Crippen LogP contribution in [0, 0.1) is 11.7 Å². The van der Waals surface area contributed by atoms with Gasteiger partial charge in [0.25, 0.3) is 5.91 Å². The number of hydrogen-bond donors (Lipinski definition) is 1. The van der Waals surface area contributed by atoms with Crippen LogP contribution in [0.15, 0.2) is 57.7 Å². The van der Waals surface area contributed by atoms with E-state index >= 15 is 0 Å². The SMILES string of the molecule is O=C(COc1ccc2cc(-c3ccc(F)cc3)c(=O)oc2c1)NC[C@@H]1CCCN2CCCC[C@H]12. The minimum absolute atomic E-state index is 0.0928. The van der Waals surface area contributed by atoms with E-state index in [9.17, 15) is 14.0 Å². The highest BCUT2D eigenvalue weighted by Gasteiger charge is 2.32. The molecule has 1 amide bonds. The second-order valence-corrected chi connectivity index (χ2v) is 9.25. The Morgan fingerprint density at radius 2 is 1.88 bits per heavy atom. The van der Waals surface area contributed by atoms with Crippen LogP contribution in [-0.4, -0.2) is 43.1 Å². The summed E-state index contributed by atoms with van der Waals surface area (Å²) in [5, 5.41) is 3.75. The van der Waals surface area contributed by atoms with Gasteiger partial charge in [0.1, 0.15) is 17.1 Å². The smallest absolute Gasteiger partial charge is 0.344 e. The summed E-state index contributed by atoms with van der Waals surface area (Å²) in [6, 6.07) is 13.1. The molecule has 2 saturated heterocycles. The van der Waals surface area contributed by atoms with Crippen LogP contribution in [-0.2, 0) is 4.79 Å². The summed E-state index contributed by atoms with van der Waals surface area (Å²) in [7, 11) is 0. The second-order valence-electron chi connectivity index (χ2n) is 9.25. The number of ether oxygens (including phenoxy) is 1. The molecule has 0 aliphatic carbocycles. The van der Waals surface area contributed by atoms with Crippen molar-refractivity contribution in [1.29, 1.82) is 0 Å². The van der Waals surface area contributed by atoms with E-state index < -0.39 is 5.63 Å². The third-order valence-corrected chi connectivity index (χ3v) is 7.02. The number of benzene rings is 2. The molecule has 2 aromatic carbocycles. The van der Waals surface area contributed by atoms with E-state index in [0.29, 0.717) is 46.4 Å². The average Bonchev–Trinajstić information content (AvgIpc) is 2.86. The fourth-order valence-corrected chi connectivity index (χ4v) is 5.27. The quantitative estimate of drug-likeness (QED) is 0.549. The van der Waals surface area contributed by atoms with Gasteiger partial charge in [0, 0.05) is 24.0 Å². The Morgan fingerprint density at radius 3 is 2.74 bits per heavy atom. The molecule has 2 fully saturated rings. The second kappa shape index (κ2) is 9.97. The van der Waals surface area contributed by atoms with Gasteiger partial charge in [-0.1, -0.05) is 18.6 Å². The Balaban J connectivity index is 1.19. The molecule has 2 atom stereocenters. The molecule has 0 saturated carbocycles. The minimum Gasteiger partial charge on any atom is -0.484 e. The number of nitrogens with zero attached hydrogens (tertiary/aromatic N) is 1. The van der Waals surface area contributed by atoms with E-state index in [4.69, 9.17) is 9.15 Å². The number of carbonyl (C=O) groups is 1. The first-order valence-corrected chi connectivity index (χ1v) is 12.0.